The van der Waals surface area contributed by atoms with Crippen LogP contribution < -0.4 is 5.32 Å². The molecule has 1 aromatic heterocycles. The fraction of sp³-hybridized carbons (Fsp3) is 0.190. The Bertz CT molecular complexity index is 906. The smallest absolute Gasteiger partial charge is 0.252 e. The van der Waals surface area contributed by atoms with Crippen molar-refractivity contribution in [2.75, 3.05) is 7.05 Å². The average molecular weight is 362 g/mol. The maximum atomic E-state index is 13.1. The number of hydrogen-bond donors (Lipinski definition) is 1. The lowest BCUT2D eigenvalue weighted by atomic mass is 10.0. The minimum Gasteiger partial charge on any atom is -0.339 e. The number of carbonyl (C=O) groups is 2. The summed E-state index contributed by atoms with van der Waals surface area (Å²) in [4.78, 5) is 27.3. The van der Waals surface area contributed by atoms with Crippen molar-refractivity contribution in [3.05, 3.63) is 89.7 Å². The Morgan fingerprint density at radius 2 is 1.70 bits per heavy atom. The largest absolute Gasteiger partial charge is 0.339 e. The lowest BCUT2D eigenvalue weighted by Crippen LogP contribution is -2.41. The summed E-state index contributed by atoms with van der Waals surface area (Å²) in [5, 5.41) is 7.00. The van der Waals surface area contributed by atoms with Gasteiger partial charge in [-0.05, 0) is 17.7 Å². The Hall–Kier alpha value is -3.41. The number of hydrogen-bond acceptors (Lipinski definition) is 3. The van der Waals surface area contributed by atoms with Crippen LogP contribution in [-0.4, -0.2) is 33.5 Å². The Morgan fingerprint density at radius 3 is 2.30 bits per heavy atom. The predicted molar refractivity (Wildman–Crippen MR) is 103 cm³/mol. The third-order valence-electron chi connectivity index (χ3n) is 4.25. The van der Waals surface area contributed by atoms with Gasteiger partial charge < -0.3 is 10.2 Å². The summed E-state index contributed by atoms with van der Waals surface area (Å²) in [5.74, 6) is -0.470. The van der Waals surface area contributed by atoms with Crippen LogP contribution in [0.5, 0.6) is 0 Å². The van der Waals surface area contributed by atoms with Crippen molar-refractivity contribution in [1.29, 1.82) is 0 Å². The van der Waals surface area contributed by atoms with Crippen LogP contribution in [0, 0.1) is 0 Å². The van der Waals surface area contributed by atoms with E-state index < -0.39 is 6.04 Å². The zero-order valence-electron chi connectivity index (χ0n) is 15.4. The molecule has 0 fully saturated rings. The zero-order chi connectivity index (χ0) is 19.2. The van der Waals surface area contributed by atoms with Gasteiger partial charge in [0.05, 0.1) is 6.20 Å². The van der Waals surface area contributed by atoms with Gasteiger partial charge in [-0.3, -0.25) is 14.3 Å². The van der Waals surface area contributed by atoms with Gasteiger partial charge in [0.2, 0.25) is 5.91 Å². The minimum atomic E-state index is -0.763. The first-order chi connectivity index (χ1) is 13.0. The van der Waals surface area contributed by atoms with Gasteiger partial charge in [-0.25, -0.2) is 0 Å². The first-order valence-electron chi connectivity index (χ1n) is 8.68. The fourth-order valence-corrected chi connectivity index (χ4v) is 2.86. The molecule has 0 aliphatic rings. The summed E-state index contributed by atoms with van der Waals surface area (Å²) in [6, 6.07) is 17.4. The second-order valence-corrected chi connectivity index (χ2v) is 6.40. The Balaban J connectivity index is 1.81. The van der Waals surface area contributed by atoms with Gasteiger partial charge in [0.1, 0.15) is 6.04 Å². The van der Waals surface area contributed by atoms with Crippen molar-refractivity contribution < 1.29 is 9.59 Å². The van der Waals surface area contributed by atoms with E-state index in [0.29, 0.717) is 12.1 Å². The Labute approximate surface area is 158 Å². The molecule has 0 radical (unpaired) electrons. The van der Waals surface area contributed by atoms with Crippen molar-refractivity contribution in [3.63, 3.8) is 0 Å². The van der Waals surface area contributed by atoms with Crippen molar-refractivity contribution in [3.8, 4) is 0 Å². The molecule has 0 bridgehead atoms. The van der Waals surface area contributed by atoms with Gasteiger partial charge in [-0.2, -0.15) is 5.10 Å². The molecule has 6 heteroatoms. The maximum absolute atomic E-state index is 13.1. The predicted octanol–water partition coefficient (Wildman–Crippen LogP) is 2.55. The van der Waals surface area contributed by atoms with Crippen LogP contribution in [0.4, 0.5) is 0 Å². The molecular formula is C21H22N4O2. The van der Waals surface area contributed by atoms with Crippen LogP contribution in [0.15, 0.2) is 73.1 Å². The number of carbonyl (C=O) groups excluding carboxylic acids is 2. The maximum Gasteiger partial charge on any atom is 0.252 e. The van der Waals surface area contributed by atoms with Gasteiger partial charge in [0.25, 0.3) is 5.91 Å². The van der Waals surface area contributed by atoms with Crippen LogP contribution in [0.1, 0.15) is 27.5 Å². The summed E-state index contributed by atoms with van der Waals surface area (Å²) in [5.41, 5.74) is 2.18. The first kappa shape index (κ1) is 18.4. The molecule has 138 valence electrons. The summed E-state index contributed by atoms with van der Waals surface area (Å²) >= 11 is 0. The van der Waals surface area contributed by atoms with Gasteiger partial charge in [0.15, 0.2) is 0 Å². The number of amides is 2. The molecule has 0 aliphatic carbocycles. The second kappa shape index (κ2) is 8.31. The number of nitrogens with zero attached hydrogens (tertiary/aromatic N) is 3. The number of aryl methyl sites for hydroxylation is 1. The van der Waals surface area contributed by atoms with Gasteiger partial charge >= 0.3 is 0 Å². The molecule has 0 spiro atoms. The van der Waals surface area contributed by atoms with Crippen molar-refractivity contribution >= 4 is 11.8 Å². The number of benzene rings is 2. The summed E-state index contributed by atoms with van der Waals surface area (Å²) in [6.07, 6.45) is 3.59. The average Bonchev–Trinajstić information content (AvgIpc) is 3.11. The van der Waals surface area contributed by atoms with E-state index in [4.69, 9.17) is 0 Å². The molecule has 1 atom stereocenters. The molecule has 0 saturated heterocycles. The van der Waals surface area contributed by atoms with E-state index >= 15 is 0 Å². The van der Waals surface area contributed by atoms with Gasteiger partial charge in [-0.1, -0.05) is 48.5 Å². The SMILES string of the molecule is CN(Cc1cnn(C)c1)C(=O)[C@H](NC(=O)c1ccccc1)c1ccccc1. The molecule has 1 N–H and O–H groups in total. The molecule has 0 aliphatic heterocycles. The third kappa shape index (κ3) is 4.61. The van der Waals surface area contributed by atoms with E-state index in [1.165, 1.54) is 0 Å². The highest BCUT2D eigenvalue weighted by Crippen LogP contribution is 2.17. The molecule has 0 saturated carbocycles. The standard InChI is InChI=1S/C21H22N4O2/c1-24(14-16-13-22-25(2)15-16)21(27)19(17-9-5-3-6-10-17)23-20(26)18-11-7-4-8-12-18/h3-13,15,19H,14H2,1-2H3,(H,23,26)/t19-/m1/s1. The molecule has 0 unspecified atom stereocenters. The van der Waals surface area contributed by atoms with Crippen molar-refractivity contribution in [2.24, 2.45) is 7.05 Å². The summed E-state index contributed by atoms with van der Waals surface area (Å²) in [6.45, 7) is 0.414. The quantitative estimate of drug-likeness (QED) is 0.733. The van der Waals surface area contributed by atoms with E-state index in [1.54, 1.807) is 47.1 Å². The van der Waals surface area contributed by atoms with Gasteiger partial charge in [-0.15, -0.1) is 0 Å². The van der Waals surface area contributed by atoms with Crippen LogP contribution >= 0.6 is 0 Å². The molecule has 3 aromatic rings. The highest BCUT2D eigenvalue weighted by molar-refractivity contribution is 5.97. The number of aromatic nitrogens is 2. The third-order valence-corrected chi connectivity index (χ3v) is 4.25. The fourth-order valence-electron chi connectivity index (χ4n) is 2.86. The lowest BCUT2D eigenvalue weighted by molar-refractivity contribution is -0.132. The van der Waals surface area contributed by atoms with Crippen LogP contribution in [-0.2, 0) is 18.4 Å². The van der Waals surface area contributed by atoms with Crippen LogP contribution in [0.25, 0.3) is 0 Å². The van der Waals surface area contributed by atoms with Crippen molar-refractivity contribution in [2.45, 2.75) is 12.6 Å². The first-order valence-corrected chi connectivity index (χ1v) is 8.68. The zero-order valence-corrected chi connectivity index (χ0v) is 15.4. The summed E-state index contributed by atoms with van der Waals surface area (Å²) < 4.78 is 1.69. The van der Waals surface area contributed by atoms with E-state index in [2.05, 4.69) is 10.4 Å². The molecule has 1 heterocycles. The normalized spacial score (nSPS) is 11.6. The second-order valence-electron chi connectivity index (χ2n) is 6.40. The number of likely N-dealkylation sites (N-methyl/N-ethyl adjacent to an activating group) is 1. The highest BCUT2D eigenvalue weighted by atomic mass is 16.2. The van der Waals surface area contributed by atoms with Crippen LogP contribution in [0.2, 0.25) is 0 Å². The highest BCUT2D eigenvalue weighted by Gasteiger charge is 2.26. The lowest BCUT2D eigenvalue weighted by Gasteiger charge is -2.24. The molecule has 27 heavy (non-hydrogen) atoms. The van der Waals surface area contributed by atoms with Gasteiger partial charge in [0, 0.05) is 38.0 Å². The molecule has 2 amide bonds. The molecule has 6 nitrogen and oxygen atoms in total. The monoisotopic (exact) mass is 362 g/mol. The molecule has 3 rings (SSSR count). The number of nitrogens with one attached hydrogen (secondary N) is 1. The minimum absolute atomic E-state index is 0.186. The molecular weight excluding hydrogens is 340 g/mol. The van der Waals surface area contributed by atoms with E-state index in [9.17, 15) is 9.59 Å². The van der Waals surface area contributed by atoms with Crippen LogP contribution in [0.3, 0.4) is 0 Å². The number of rotatable bonds is 6. The Kier molecular flexibility index (Phi) is 5.66. The topological polar surface area (TPSA) is 67.2 Å². The molecule has 2 aromatic carbocycles. The van der Waals surface area contributed by atoms with E-state index in [-0.39, 0.29) is 11.8 Å². The Morgan fingerprint density at radius 1 is 1.07 bits per heavy atom. The van der Waals surface area contributed by atoms with E-state index in [0.717, 1.165) is 11.1 Å². The van der Waals surface area contributed by atoms with Crippen molar-refractivity contribution in [1.82, 2.24) is 20.0 Å². The summed E-state index contributed by atoms with van der Waals surface area (Å²) in [7, 11) is 3.55. The van der Waals surface area contributed by atoms with E-state index in [1.807, 2.05) is 49.6 Å².